The summed E-state index contributed by atoms with van der Waals surface area (Å²) >= 11 is 0. The quantitative estimate of drug-likeness (QED) is 0.649. The Labute approximate surface area is 152 Å². The summed E-state index contributed by atoms with van der Waals surface area (Å²) in [6.45, 7) is 5.13. The minimum atomic E-state index is -0.423. The van der Waals surface area contributed by atoms with Crippen LogP contribution in [0.2, 0.25) is 0 Å². The third-order valence-electron chi connectivity index (χ3n) is 5.36. The van der Waals surface area contributed by atoms with E-state index in [2.05, 4.69) is 33.3 Å². The molecule has 140 valence electrons. The van der Waals surface area contributed by atoms with Gasteiger partial charge in [0.1, 0.15) is 0 Å². The van der Waals surface area contributed by atoms with Gasteiger partial charge in [-0.2, -0.15) is 0 Å². The van der Waals surface area contributed by atoms with Crippen molar-refractivity contribution in [1.82, 2.24) is 26.1 Å². The molecule has 3 aliphatic rings. The van der Waals surface area contributed by atoms with Crippen molar-refractivity contribution in [3.63, 3.8) is 0 Å². The number of fused-ring (bicyclic) bond motifs is 1. The molecule has 1 aromatic heterocycles. The Morgan fingerprint density at radius 2 is 2.15 bits per heavy atom. The molecule has 1 amide bonds. The molecular weight excluding hydrogens is 335 g/mol. The van der Waals surface area contributed by atoms with E-state index < -0.39 is 5.82 Å². The molecule has 4 rings (SSSR count). The Hall–Kier alpha value is -2.19. The highest BCUT2D eigenvalue weighted by molar-refractivity contribution is 6.03. The van der Waals surface area contributed by atoms with E-state index >= 15 is 4.39 Å². The first kappa shape index (κ1) is 17.2. The van der Waals surface area contributed by atoms with E-state index in [1.165, 1.54) is 0 Å². The molecule has 7 nitrogen and oxygen atoms in total. The highest BCUT2D eigenvalue weighted by Gasteiger charge is 2.34. The molecule has 3 atom stereocenters. The molecule has 1 aromatic rings. The lowest BCUT2D eigenvalue weighted by Gasteiger charge is -2.29. The minimum Gasteiger partial charge on any atom is -0.364 e. The summed E-state index contributed by atoms with van der Waals surface area (Å²) in [5.41, 5.74) is 5.45. The normalized spacial score (nSPS) is 28.0. The van der Waals surface area contributed by atoms with Crippen LogP contribution in [0.1, 0.15) is 48.3 Å². The van der Waals surface area contributed by atoms with Crippen molar-refractivity contribution < 1.29 is 9.18 Å². The van der Waals surface area contributed by atoms with Crippen molar-refractivity contribution in [2.45, 2.75) is 51.4 Å². The predicted molar refractivity (Wildman–Crippen MR) is 97.8 cm³/mol. The second-order valence-corrected chi connectivity index (χ2v) is 7.43. The fourth-order valence-electron chi connectivity index (χ4n) is 3.90. The maximum absolute atomic E-state index is 15.0. The molecule has 0 spiro atoms. The third-order valence-corrected chi connectivity index (χ3v) is 5.36. The largest absolute Gasteiger partial charge is 0.364 e. The van der Waals surface area contributed by atoms with E-state index in [1.807, 2.05) is 25.2 Å². The van der Waals surface area contributed by atoms with Crippen LogP contribution in [0.15, 0.2) is 6.20 Å². The van der Waals surface area contributed by atoms with Crippen LogP contribution < -0.4 is 21.4 Å². The monoisotopic (exact) mass is 360 g/mol. The van der Waals surface area contributed by atoms with Crippen LogP contribution in [0.25, 0.3) is 5.57 Å². The van der Waals surface area contributed by atoms with Gasteiger partial charge >= 0.3 is 0 Å². The van der Waals surface area contributed by atoms with E-state index in [9.17, 15) is 4.79 Å². The van der Waals surface area contributed by atoms with Crippen LogP contribution in [0.3, 0.4) is 0 Å². The number of hydrogen-bond acceptors (Lipinski definition) is 6. The number of aromatic nitrogens is 1. The van der Waals surface area contributed by atoms with Crippen LogP contribution in [-0.4, -0.2) is 47.6 Å². The summed E-state index contributed by atoms with van der Waals surface area (Å²) < 4.78 is 15.0. The molecular formula is C18H25FN6O. The van der Waals surface area contributed by atoms with E-state index in [4.69, 9.17) is 0 Å². The fraction of sp³-hybridized carbons (Fsp3) is 0.556. The molecule has 26 heavy (non-hydrogen) atoms. The summed E-state index contributed by atoms with van der Waals surface area (Å²) in [5, 5.41) is 11.2. The molecule has 4 heterocycles. The second kappa shape index (κ2) is 6.51. The molecule has 8 heteroatoms. The Morgan fingerprint density at radius 1 is 1.35 bits per heavy atom. The summed E-state index contributed by atoms with van der Waals surface area (Å²) in [6, 6.07) is 0.606. The van der Waals surface area contributed by atoms with Gasteiger partial charge in [-0.3, -0.25) is 4.79 Å². The van der Waals surface area contributed by atoms with Gasteiger partial charge in [-0.25, -0.2) is 14.8 Å². The van der Waals surface area contributed by atoms with Crippen LogP contribution in [0.5, 0.6) is 0 Å². The summed E-state index contributed by atoms with van der Waals surface area (Å²) in [7, 11) is 1.89. The van der Waals surface area contributed by atoms with Crippen molar-refractivity contribution in [1.29, 1.82) is 0 Å². The molecule has 1 saturated heterocycles. The van der Waals surface area contributed by atoms with Gasteiger partial charge in [0.2, 0.25) is 0 Å². The Balaban J connectivity index is 1.73. The fourth-order valence-corrected chi connectivity index (χ4v) is 3.90. The van der Waals surface area contributed by atoms with E-state index in [0.29, 0.717) is 22.9 Å². The van der Waals surface area contributed by atoms with Crippen molar-refractivity contribution >= 4 is 17.3 Å². The number of halogens is 1. The van der Waals surface area contributed by atoms with Gasteiger partial charge in [0.15, 0.2) is 11.6 Å². The number of carbonyl (C=O) groups excluding carboxylic acids is 1. The summed E-state index contributed by atoms with van der Waals surface area (Å²) in [4.78, 5) is 16.9. The van der Waals surface area contributed by atoms with Gasteiger partial charge in [0.05, 0.1) is 17.3 Å². The van der Waals surface area contributed by atoms with E-state index in [-0.39, 0.29) is 30.4 Å². The summed E-state index contributed by atoms with van der Waals surface area (Å²) in [5.74, 6) is -0.448. The number of rotatable bonds is 3. The number of piperidine rings is 1. The smallest absolute Gasteiger partial charge is 0.254 e. The molecule has 4 N–H and O–H groups in total. The van der Waals surface area contributed by atoms with Gasteiger partial charge in [-0.1, -0.05) is 0 Å². The first-order valence-electron chi connectivity index (χ1n) is 9.15. The summed E-state index contributed by atoms with van der Waals surface area (Å²) in [6.07, 6.45) is 3.90. The second-order valence-electron chi connectivity index (χ2n) is 7.43. The first-order chi connectivity index (χ1) is 12.4. The maximum Gasteiger partial charge on any atom is 0.254 e. The highest BCUT2D eigenvalue weighted by atomic mass is 19.1. The molecule has 0 radical (unpaired) electrons. The Morgan fingerprint density at radius 3 is 2.81 bits per heavy atom. The lowest BCUT2D eigenvalue weighted by atomic mass is 9.98. The predicted octanol–water partition coefficient (Wildman–Crippen LogP) is 1.20. The van der Waals surface area contributed by atoms with Gasteiger partial charge in [0, 0.05) is 49.6 Å². The number of nitrogens with one attached hydrogen (secondary N) is 4. The molecule has 0 aromatic carbocycles. The number of carbonyl (C=O) groups is 1. The molecule has 0 bridgehead atoms. The number of nitrogens with zero attached hydrogens (tertiary/aromatic N) is 2. The standard InChI is InChI=1S/C18H25FN6O/c1-9-4-5-11(6-20-9)22-17-15(19)12-7-21-18(26)14(12)16(23-17)13-8-25(3)24-10(13)2/h8-11,20,24H,4-7H2,1-3H3,(H,21,26)(H,22,23). The van der Waals surface area contributed by atoms with Crippen molar-refractivity contribution in [2.24, 2.45) is 0 Å². The topological polar surface area (TPSA) is 81.3 Å². The number of hydrogen-bond donors (Lipinski definition) is 4. The highest BCUT2D eigenvalue weighted by Crippen LogP contribution is 2.33. The van der Waals surface area contributed by atoms with Crippen molar-refractivity contribution in [3.05, 3.63) is 28.8 Å². The molecule has 0 aliphatic carbocycles. The third kappa shape index (κ3) is 2.93. The molecule has 3 unspecified atom stereocenters. The van der Waals surface area contributed by atoms with Crippen molar-refractivity contribution in [3.8, 4) is 0 Å². The Kier molecular flexibility index (Phi) is 4.32. The van der Waals surface area contributed by atoms with Gasteiger partial charge in [-0.15, -0.1) is 0 Å². The average Bonchev–Trinajstić information content (AvgIpc) is 3.15. The maximum atomic E-state index is 15.0. The lowest BCUT2D eigenvalue weighted by molar-refractivity contribution is 0.0965. The molecule has 3 aliphatic heterocycles. The van der Waals surface area contributed by atoms with Crippen LogP contribution in [-0.2, 0) is 6.54 Å². The first-order valence-corrected chi connectivity index (χ1v) is 9.15. The lowest BCUT2D eigenvalue weighted by Crippen LogP contribution is -2.43. The zero-order chi connectivity index (χ0) is 18.4. The average molecular weight is 360 g/mol. The molecule has 1 fully saturated rings. The number of amides is 1. The van der Waals surface area contributed by atoms with E-state index in [0.717, 1.165) is 25.0 Å². The Bertz CT molecular complexity index is 771. The number of hydrazine groups is 1. The SMILES string of the molecule is CC1CCC(Nc2nc(C3=CN(C)NC3C)c3c(c2F)CNC3=O)CN1. The minimum absolute atomic E-state index is 0.000470. The van der Waals surface area contributed by atoms with Gasteiger partial charge in [0.25, 0.3) is 5.91 Å². The van der Waals surface area contributed by atoms with Gasteiger partial charge < -0.3 is 21.0 Å². The van der Waals surface area contributed by atoms with Crippen LogP contribution in [0, 0.1) is 5.82 Å². The van der Waals surface area contributed by atoms with Crippen molar-refractivity contribution in [2.75, 3.05) is 18.9 Å². The number of anilines is 1. The van der Waals surface area contributed by atoms with Crippen LogP contribution >= 0.6 is 0 Å². The zero-order valence-corrected chi connectivity index (χ0v) is 15.3. The molecule has 0 saturated carbocycles. The van der Waals surface area contributed by atoms with Crippen LogP contribution in [0.4, 0.5) is 10.2 Å². The van der Waals surface area contributed by atoms with Gasteiger partial charge in [-0.05, 0) is 26.7 Å². The van der Waals surface area contributed by atoms with E-state index in [1.54, 1.807) is 0 Å². The number of pyridine rings is 1. The zero-order valence-electron chi connectivity index (χ0n) is 15.3.